The number of nitrogens with zero attached hydrogens (tertiary/aromatic N) is 2. The van der Waals surface area contributed by atoms with Gasteiger partial charge in [-0.1, -0.05) is 133 Å². The van der Waals surface area contributed by atoms with Gasteiger partial charge in [0.1, 0.15) is 5.82 Å². The van der Waals surface area contributed by atoms with E-state index in [0.29, 0.717) is 0 Å². The van der Waals surface area contributed by atoms with Gasteiger partial charge >= 0.3 is 0 Å². The van der Waals surface area contributed by atoms with Gasteiger partial charge in [0.15, 0.2) is 0 Å². The van der Waals surface area contributed by atoms with E-state index in [1.165, 1.54) is 77.2 Å². The molecule has 0 saturated heterocycles. The van der Waals surface area contributed by atoms with E-state index in [9.17, 15) is 0 Å². The lowest BCUT2D eigenvalue weighted by Crippen LogP contribution is -2.26. The van der Waals surface area contributed by atoms with Crippen LogP contribution in [0.2, 0.25) is 0 Å². The first-order chi connectivity index (χ1) is 24.2. The zero-order valence-electron chi connectivity index (χ0n) is 27.0. The van der Waals surface area contributed by atoms with Gasteiger partial charge in [0.2, 0.25) is 0 Å². The van der Waals surface area contributed by atoms with Gasteiger partial charge in [-0.3, -0.25) is 4.57 Å². The lowest BCUT2D eigenvalue weighted by Gasteiger charge is -2.31. The Morgan fingerprint density at radius 2 is 1.16 bits per heavy atom. The summed E-state index contributed by atoms with van der Waals surface area (Å²) in [5, 5.41) is 5.17. The number of fused-ring (bicyclic) bond motifs is 15. The second-order valence-electron chi connectivity index (χ2n) is 13.5. The Morgan fingerprint density at radius 3 is 1.98 bits per heavy atom. The van der Waals surface area contributed by atoms with Crippen molar-refractivity contribution in [2.24, 2.45) is 0 Å². The highest BCUT2D eigenvalue weighted by atomic mass is 15.1. The maximum atomic E-state index is 4.79. The Morgan fingerprint density at radius 1 is 0.490 bits per heavy atom. The van der Waals surface area contributed by atoms with Crippen LogP contribution >= 0.6 is 0 Å². The number of hydrogen-bond donors (Lipinski definition) is 0. The van der Waals surface area contributed by atoms with Crippen molar-refractivity contribution in [3.8, 4) is 39.1 Å². The molecule has 2 nitrogen and oxygen atoms in total. The third kappa shape index (κ3) is 3.43. The molecule has 0 N–H and O–H groups in total. The molecular weight excluding hydrogens is 593 g/mol. The number of benzene rings is 8. The third-order valence-corrected chi connectivity index (χ3v) is 11.1. The second-order valence-corrected chi connectivity index (χ2v) is 13.5. The minimum atomic E-state index is -0.393. The fraction of sp³-hybridized carbons (Fsp3) is 0.0426. The highest BCUT2D eigenvalue weighted by molar-refractivity contribution is 6.11. The van der Waals surface area contributed by atoms with Crippen molar-refractivity contribution in [2.75, 3.05) is 0 Å². The first-order valence-corrected chi connectivity index (χ1v) is 17.1. The van der Waals surface area contributed by atoms with E-state index >= 15 is 0 Å². The Bertz CT molecular complexity index is 2790. The minimum Gasteiger partial charge on any atom is -0.297 e. The zero-order valence-corrected chi connectivity index (χ0v) is 27.0. The molecule has 0 amide bonds. The van der Waals surface area contributed by atoms with E-state index in [-0.39, 0.29) is 0 Å². The molecule has 11 rings (SSSR count). The summed E-state index contributed by atoms with van der Waals surface area (Å²) in [7, 11) is 0. The molecular formula is C47H30N2. The van der Waals surface area contributed by atoms with Gasteiger partial charge in [-0.2, -0.15) is 0 Å². The molecule has 2 aliphatic rings. The molecule has 9 aromatic rings. The van der Waals surface area contributed by atoms with Crippen molar-refractivity contribution in [3.63, 3.8) is 0 Å². The van der Waals surface area contributed by atoms with Crippen LogP contribution < -0.4 is 0 Å². The molecule has 2 heteroatoms. The molecule has 1 aromatic heterocycles. The van der Waals surface area contributed by atoms with E-state index in [2.05, 4.69) is 169 Å². The Hall–Kier alpha value is -6.25. The summed E-state index contributed by atoms with van der Waals surface area (Å²) < 4.78 is 2.24. The maximum absolute atomic E-state index is 4.79. The van der Waals surface area contributed by atoms with Crippen LogP contribution in [-0.2, 0) is 5.41 Å². The van der Waals surface area contributed by atoms with Crippen LogP contribution in [0.15, 0.2) is 164 Å². The number of aryl methyl sites for hydroxylation is 1. The third-order valence-electron chi connectivity index (χ3n) is 11.1. The molecule has 2 aliphatic carbocycles. The first-order valence-electron chi connectivity index (χ1n) is 17.1. The predicted molar refractivity (Wildman–Crippen MR) is 203 cm³/mol. The number of imidazole rings is 1. The molecule has 8 aromatic carbocycles. The predicted octanol–water partition coefficient (Wildman–Crippen LogP) is 11.7. The van der Waals surface area contributed by atoms with E-state index in [4.69, 9.17) is 4.98 Å². The summed E-state index contributed by atoms with van der Waals surface area (Å²) in [6, 6.07) is 60.8. The minimum absolute atomic E-state index is 0.393. The molecule has 228 valence electrons. The number of para-hydroxylation sites is 2. The highest BCUT2D eigenvalue weighted by Crippen LogP contribution is 2.65. The van der Waals surface area contributed by atoms with Gasteiger partial charge < -0.3 is 0 Å². The van der Waals surface area contributed by atoms with Crippen molar-refractivity contribution in [1.82, 2.24) is 9.55 Å². The molecule has 1 heterocycles. The van der Waals surface area contributed by atoms with Gasteiger partial charge in [0.05, 0.1) is 16.4 Å². The van der Waals surface area contributed by atoms with E-state index in [1.807, 2.05) is 6.07 Å². The SMILES string of the molecule is Cc1nc2ccccc2n1-c1ccc(-c2ccc3c4c(ccc3c2)-c2c(ccc3ccccc23)C42c3ccccc3-c3ccccc32)cc1. The normalized spacial score (nSPS) is 13.6. The summed E-state index contributed by atoms with van der Waals surface area (Å²) >= 11 is 0. The Balaban J connectivity index is 1.14. The smallest absolute Gasteiger partial charge is 0.111 e. The molecule has 0 atom stereocenters. The standard InChI is InChI=1S/C47H30N2/c1-29-48-43-16-8-9-17-44(43)49(29)34-23-18-30(19-24-34)32-20-25-36-33(28-32)21-26-39-45-35-11-3-2-10-31(35)22-27-42(45)47(46(36)39)40-14-6-4-12-37(40)38-13-5-7-15-41(38)47/h2-28H,1H3. The summed E-state index contributed by atoms with van der Waals surface area (Å²) in [5.74, 6) is 0.992. The van der Waals surface area contributed by atoms with Gasteiger partial charge in [-0.05, 0) is 114 Å². The van der Waals surface area contributed by atoms with Crippen LogP contribution in [0.5, 0.6) is 0 Å². The average Bonchev–Trinajstić information content (AvgIpc) is 3.77. The van der Waals surface area contributed by atoms with Crippen LogP contribution in [-0.4, -0.2) is 9.55 Å². The van der Waals surface area contributed by atoms with Gasteiger partial charge in [-0.15, -0.1) is 0 Å². The van der Waals surface area contributed by atoms with Crippen LogP contribution in [0.3, 0.4) is 0 Å². The van der Waals surface area contributed by atoms with Gasteiger partial charge in [-0.25, -0.2) is 4.98 Å². The lowest BCUT2D eigenvalue weighted by molar-refractivity contribution is 0.802. The largest absolute Gasteiger partial charge is 0.297 e. The molecule has 0 unspecified atom stereocenters. The number of hydrogen-bond acceptors (Lipinski definition) is 1. The van der Waals surface area contributed by atoms with E-state index < -0.39 is 5.41 Å². The number of aromatic nitrogens is 2. The summed E-state index contributed by atoms with van der Waals surface area (Å²) in [6.07, 6.45) is 0. The lowest BCUT2D eigenvalue weighted by atomic mass is 9.69. The van der Waals surface area contributed by atoms with Crippen LogP contribution in [0, 0.1) is 6.92 Å². The summed E-state index contributed by atoms with van der Waals surface area (Å²) in [4.78, 5) is 4.79. The number of rotatable bonds is 2. The molecule has 0 fully saturated rings. The summed E-state index contributed by atoms with van der Waals surface area (Å²) in [6.45, 7) is 2.07. The highest BCUT2D eigenvalue weighted by Gasteiger charge is 2.52. The fourth-order valence-electron chi connectivity index (χ4n) is 9.20. The molecule has 1 spiro atoms. The molecule has 0 saturated carbocycles. The second kappa shape index (κ2) is 9.65. The van der Waals surface area contributed by atoms with Crippen molar-refractivity contribution < 1.29 is 0 Å². The van der Waals surface area contributed by atoms with E-state index in [0.717, 1.165) is 22.5 Å². The van der Waals surface area contributed by atoms with Crippen LogP contribution in [0.25, 0.3) is 71.6 Å². The maximum Gasteiger partial charge on any atom is 0.111 e. The Kier molecular flexibility index (Phi) is 5.28. The first kappa shape index (κ1) is 26.8. The van der Waals surface area contributed by atoms with Crippen LogP contribution in [0.4, 0.5) is 0 Å². The summed E-state index contributed by atoms with van der Waals surface area (Å²) in [5.41, 5.74) is 16.2. The molecule has 0 aliphatic heterocycles. The van der Waals surface area contributed by atoms with E-state index in [1.54, 1.807) is 0 Å². The van der Waals surface area contributed by atoms with Crippen LogP contribution in [0.1, 0.15) is 28.1 Å². The fourth-order valence-corrected chi connectivity index (χ4v) is 9.20. The van der Waals surface area contributed by atoms with Crippen molar-refractivity contribution >= 4 is 32.6 Å². The molecule has 49 heavy (non-hydrogen) atoms. The molecule has 0 bridgehead atoms. The average molecular weight is 623 g/mol. The van der Waals surface area contributed by atoms with Crippen molar-refractivity contribution in [2.45, 2.75) is 12.3 Å². The quantitative estimate of drug-likeness (QED) is 0.188. The Labute approximate surface area is 284 Å². The zero-order chi connectivity index (χ0) is 32.3. The van der Waals surface area contributed by atoms with Crippen molar-refractivity contribution in [1.29, 1.82) is 0 Å². The monoisotopic (exact) mass is 622 g/mol. The van der Waals surface area contributed by atoms with Gasteiger partial charge in [0, 0.05) is 5.69 Å². The topological polar surface area (TPSA) is 17.8 Å². The molecule has 0 radical (unpaired) electrons. The van der Waals surface area contributed by atoms with Gasteiger partial charge in [0.25, 0.3) is 0 Å². The van der Waals surface area contributed by atoms with Crippen molar-refractivity contribution in [3.05, 3.63) is 192 Å².